The second kappa shape index (κ2) is 12.9. The van der Waals surface area contributed by atoms with Gasteiger partial charge in [-0.1, -0.05) is 43.4 Å². The Morgan fingerprint density at radius 2 is 1.72 bits per heavy atom. The summed E-state index contributed by atoms with van der Waals surface area (Å²) in [6, 6.07) is 9.99. The van der Waals surface area contributed by atoms with Gasteiger partial charge < -0.3 is 15.0 Å². The Kier molecular flexibility index (Phi) is 9.83. The quantitative estimate of drug-likeness (QED) is 0.405. The topological polar surface area (TPSA) is 79.0 Å². The molecule has 1 saturated heterocycles. The van der Waals surface area contributed by atoms with Gasteiger partial charge in [-0.05, 0) is 80.0 Å². The number of anilines is 1. The Morgan fingerprint density at radius 1 is 1.08 bits per heavy atom. The van der Waals surface area contributed by atoms with Crippen molar-refractivity contribution < 1.29 is 17.9 Å². The third kappa shape index (κ3) is 7.27. The van der Waals surface area contributed by atoms with Crippen molar-refractivity contribution in [1.29, 1.82) is 0 Å². The number of piperidine rings is 1. The van der Waals surface area contributed by atoms with Crippen molar-refractivity contribution in [3.05, 3.63) is 52.0 Å². The van der Waals surface area contributed by atoms with E-state index in [0.717, 1.165) is 49.0 Å². The largest absolute Gasteiger partial charge is 0.497 e. The van der Waals surface area contributed by atoms with Crippen molar-refractivity contribution in [3.63, 3.8) is 0 Å². The highest BCUT2D eigenvalue weighted by molar-refractivity contribution is 7.89. The van der Waals surface area contributed by atoms with E-state index in [1.807, 2.05) is 0 Å². The Morgan fingerprint density at radius 3 is 2.31 bits per heavy atom. The van der Waals surface area contributed by atoms with Crippen LogP contribution in [-0.4, -0.2) is 58.5 Å². The lowest BCUT2D eigenvalue weighted by Crippen LogP contribution is -2.45. The molecule has 7 nitrogen and oxygen atoms in total. The summed E-state index contributed by atoms with van der Waals surface area (Å²) in [6.07, 6.45) is 8.22. The highest BCUT2D eigenvalue weighted by Crippen LogP contribution is 2.33. The lowest BCUT2D eigenvalue weighted by molar-refractivity contribution is -0.122. The third-order valence-corrected chi connectivity index (χ3v) is 10.7. The molecule has 9 heteroatoms. The van der Waals surface area contributed by atoms with Crippen LogP contribution in [0.3, 0.4) is 0 Å². The summed E-state index contributed by atoms with van der Waals surface area (Å²) in [5, 5.41) is 3.91. The first-order valence-electron chi connectivity index (χ1n) is 14.0. The van der Waals surface area contributed by atoms with E-state index in [0.29, 0.717) is 16.9 Å². The molecule has 1 saturated carbocycles. The van der Waals surface area contributed by atoms with Crippen LogP contribution >= 0.6 is 11.6 Å². The fourth-order valence-corrected chi connectivity index (χ4v) is 7.91. The third-order valence-electron chi connectivity index (χ3n) is 8.20. The van der Waals surface area contributed by atoms with Gasteiger partial charge in [-0.15, -0.1) is 0 Å². The van der Waals surface area contributed by atoms with Crippen LogP contribution in [0.2, 0.25) is 5.02 Å². The number of sulfonamides is 1. The van der Waals surface area contributed by atoms with E-state index in [2.05, 4.69) is 28.4 Å². The highest BCUT2D eigenvalue weighted by Gasteiger charge is 2.27. The van der Waals surface area contributed by atoms with Crippen molar-refractivity contribution in [2.24, 2.45) is 5.92 Å². The van der Waals surface area contributed by atoms with Gasteiger partial charge in [0.2, 0.25) is 15.9 Å². The van der Waals surface area contributed by atoms with E-state index < -0.39 is 10.0 Å². The number of aryl methyl sites for hydroxylation is 2. The molecule has 2 aromatic rings. The molecule has 0 unspecified atom stereocenters. The number of ether oxygens (including phenoxy) is 1. The predicted octanol–water partition coefficient (Wildman–Crippen LogP) is 5.49. The summed E-state index contributed by atoms with van der Waals surface area (Å²) in [5.74, 6) is 1.28. The number of halogens is 1. The Hall–Kier alpha value is -2.29. The fourth-order valence-electron chi connectivity index (χ4n) is 6.02. The minimum absolute atomic E-state index is 0.0714. The minimum atomic E-state index is -3.73. The predicted molar refractivity (Wildman–Crippen MR) is 157 cm³/mol. The van der Waals surface area contributed by atoms with Crippen LogP contribution in [0.5, 0.6) is 5.75 Å². The van der Waals surface area contributed by atoms with Gasteiger partial charge in [0.25, 0.3) is 0 Å². The zero-order valence-electron chi connectivity index (χ0n) is 23.6. The lowest BCUT2D eigenvalue weighted by Gasteiger charge is -2.34. The number of methoxy groups -OCH3 is 1. The van der Waals surface area contributed by atoms with Crippen molar-refractivity contribution in [2.75, 3.05) is 38.7 Å². The standard InChI is InChI=1S/C30H42ClN3O4S/c1-21-17-26(38-4)18-22(2)30(21)39(36,37)33(3)14-13-29(35)32-25-11-15-34(16-12-25)28-10-9-24(20-27(28)31)19-23-7-5-6-8-23/h9-10,17-18,20,23,25H,5-8,11-16,19H2,1-4H3,(H,32,35). The number of amides is 1. The van der Waals surface area contributed by atoms with Crippen molar-refractivity contribution in [3.8, 4) is 5.75 Å². The van der Waals surface area contributed by atoms with Crippen molar-refractivity contribution >= 4 is 33.2 Å². The molecular formula is C30H42ClN3O4S. The smallest absolute Gasteiger partial charge is 0.243 e. The molecule has 4 rings (SSSR count). The monoisotopic (exact) mass is 575 g/mol. The molecule has 39 heavy (non-hydrogen) atoms. The van der Waals surface area contributed by atoms with Crippen LogP contribution in [0.1, 0.15) is 61.6 Å². The average Bonchev–Trinajstić information content (AvgIpc) is 3.40. The van der Waals surface area contributed by atoms with E-state index in [4.69, 9.17) is 16.3 Å². The number of carbonyl (C=O) groups excluding carboxylic acids is 1. The van der Waals surface area contributed by atoms with Crippen molar-refractivity contribution in [1.82, 2.24) is 9.62 Å². The molecule has 0 radical (unpaired) electrons. The second-order valence-electron chi connectivity index (χ2n) is 11.1. The van der Waals surface area contributed by atoms with Crippen LogP contribution in [0.15, 0.2) is 35.2 Å². The summed E-state index contributed by atoms with van der Waals surface area (Å²) in [7, 11) is -0.650. The second-order valence-corrected chi connectivity index (χ2v) is 13.5. The van der Waals surface area contributed by atoms with Gasteiger partial charge in [0.1, 0.15) is 5.75 Å². The van der Waals surface area contributed by atoms with Gasteiger partial charge in [0.05, 0.1) is 22.7 Å². The van der Waals surface area contributed by atoms with Crippen molar-refractivity contribution in [2.45, 2.75) is 76.2 Å². The van der Waals surface area contributed by atoms with E-state index in [1.165, 1.54) is 42.6 Å². The zero-order chi connectivity index (χ0) is 28.2. The Labute approximate surface area is 238 Å². The van der Waals surface area contributed by atoms with E-state index >= 15 is 0 Å². The maximum absolute atomic E-state index is 13.2. The molecule has 0 bridgehead atoms. The maximum Gasteiger partial charge on any atom is 0.243 e. The number of nitrogens with one attached hydrogen (secondary N) is 1. The van der Waals surface area contributed by atoms with Gasteiger partial charge >= 0.3 is 0 Å². The van der Waals surface area contributed by atoms with Gasteiger partial charge in [-0.3, -0.25) is 4.79 Å². The molecule has 214 valence electrons. The van der Waals surface area contributed by atoms with Gasteiger partial charge in [-0.25, -0.2) is 12.7 Å². The first kappa shape index (κ1) is 29.7. The zero-order valence-corrected chi connectivity index (χ0v) is 25.2. The number of hydrogen-bond donors (Lipinski definition) is 1. The van der Waals surface area contributed by atoms with E-state index in [1.54, 1.807) is 33.1 Å². The van der Waals surface area contributed by atoms with Crippen LogP contribution < -0.4 is 15.0 Å². The van der Waals surface area contributed by atoms with Gasteiger partial charge in [0, 0.05) is 39.1 Å². The molecule has 2 aromatic carbocycles. The Balaban J connectivity index is 1.25. The average molecular weight is 576 g/mol. The molecule has 2 fully saturated rings. The summed E-state index contributed by atoms with van der Waals surface area (Å²) in [4.78, 5) is 15.3. The molecule has 1 amide bonds. The summed E-state index contributed by atoms with van der Waals surface area (Å²) in [6.45, 7) is 5.26. The summed E-state index contributed by atoms with van der Waals surface area (Å²) >= 11 is 6.68. The highest BCUT2D eigenvalue weighted by atomic mass is 35.5. The first-order chi connectivity index (χ1) is 18.6. The number of rotatable bonds is 10. The first-order valence-corrected chi connectivity index (χ1v) is 15.8. The molecule has 1 aliphatic carbocycles. The SMILES string of the molecule is COc1cc(C)c(S(=O)(=O)N(C)CCC(=O)NC2CCN(c3ccc(CC4CCCC4)cc3Cl)CC2)c(C)c1. The number of nitrogens with zero attached hydrogens (tertiary/aromatic N) is 2. The van der Waals surface area contributed by atoms with Crippen LogP contribution in [-0.2, 0) is 21.2 Å². The molecular weight excluding hydrogens is 534 g/mol. The summed E-state index contributed by atoms with van der Waals surface area (Å²) in [5.41, 5.74) is 3.63. The molecule has 1 N–H and O–H groups in total. The van der Waals surface area contributed by atoms with Gasteiger partial charge in [-0.2, -0.15) is 0 Å². The lowest BCUT2D eigenvalue weighted by atomic mass is 9.97. The Bertz CT molecular complexity index is 1250. The normalized spacial score (nSPS) is 17.1. The minimum Gasteiger partial charge on any atom is -0.497 e. The molecule has 0 atom stereocenters. The fraction of sp³-hybridized carbons (Fsp3) is 0.567. The summed E-state index contributed by atoms with van der Waals surface area (Å²) < 4.78 is 32.9. The van der Waals surface area contributed by atoms with E-state index in [9.17, 15) is 13.2 Å². The van der Waals surface area contributed by atoms with Gasteiger partial charge in [0.15, 0.2) is 0 Å². The van der Waals surface area contributed by atoms with Crippen LogP contribution in [0, 0.1) is 19.8 Å². The number of benzene rings is 2. The van der Waals surface area contributed by atoms with E-state index in [-0.39, 0.29) is 29.8 Å². The molecule has 2 aliphatic rings. The molecule has 1 heterocycles. The maximum atomic E-state index is 13.2. The number of carbonyl (C=O) groups is 1. The molecule has 0 aromatic heterocycles. The molecule has 0 spiro atoms. The molecule has 1 aliphatic heterocycles. The van der Waals surface area contributed by atoms with Crippen LogP contribution in [0.4, 0.5) is 5.69 Å². The number of hydrogen-bond acceptors (Lipinski definition) is 5. The van der Waals surface area contributed by atoms with Crippen LogP contribution in [0.25, 0.3) is 0 Å².